The maximum Gasteiger partial charge on any atom is 0.310 e. The van der Waals surface area contributed by atoms with Gasteiger partial charge in [0, 0.05) is 30.6 Å². The quantitative estimate of drug-likeness (QED) is 0.478. The highest BCUT2D eigenvalue weighted by atomic mass is 32.1. The molecule has 2 aromatic carbocycles. The Morgan fingerprint density at radius 3 is 2.94 bits per heavy atom. The number of aliphatic carboxylic acids is 1. The van der Waals surface area contributed by atoms with E-state index >= 15 is 0 Å². The van der Waals surface area contributed by atoms with Gasteiger partial charge in [-0.15, -0.1) is 11.3 Å². The van der Waals surface area contributed by atoms with E-state index in [1.165, 1.54) is 27.8 Å². The van der Waals surface area contributed by atoms with Gasteiger partial charge in [-0.2, -0.15) is 0 Å². The fourth-order valence-corrected chi connectivity index (χ4v) is 7.03. The van der Waals surface area contributed by atoms with E-state index < -0.39 is 11.4 Å². The summed E-state index contributed by atoms with van der Waals surface area (Å²) in [5, 5.41) is 16.1. The van der Waals surface area contributed by atoms with Crippen LogP contribution in [-0.2, 0) is 24.4 Å². The molecular formula is C29H33N3O3S. The summed E-state index contributed by atoms with van der Waals surface area (Å²) in [6, 6.07) is 8.52. The molecule has 7 heteroatoms. The van der Waals surface area contributed by atoms with E-state index in [4.69, 9.17) is 9.72 Å². The molecule has 1 saturated carbocycles. The van der Waals surface area contributed by atoms with Gasteiger partial charge in [-0.3, -0.25) is 4.79 Å². The summed E-state index contributed by atoms with van der Waals surface area (Å²) in [7, 11) is 0. The molecule has 3 aliphatic rings. The number of benzene rings is 2. The fourth-order valence-electron chi connectivity index (χ4n) is 6.17. The number of thiazole rings is 1. The maximum absolute atomic E-state index is 11.6. The van der Waals surface area contributed by atoms with E-state index in [2.05, 4.69) is 60.6 Å². The van der Waals surface area contributed by atoms with Crippen molar-refractivity contribution in [1.29, 1.82) is 0 Å². The lowest BCUT2D eigenvalue weighted by atomic mass is 9.89. The number of carboxylic acids is 1. The lowest BCUT2D eigenvalue weighted by Crippen LogP contribution is -2.37. The zero-order chi connectivity index (χ0) is 25.0. The number of anilines is 1. The average molecular weight is 504 g/mol. The molecule has 0 radical (unpaired) electrons. The Balaban J connectivity index is 1.23. The summed E-state index contributed by atoms with van der Waals surface area (Å²) in [5.74, 6) is 0.499. The summed E-state index contributed by atoms with van der Waals surface area (Å²) >= 11 is 1.63. The molecule has 6 rings (SSSR count). The lowest BCUT2D eigenvalue weighted by Gasteiger charge is -2.29. The predicted octanol–water partition coefficient (Wildman–Crippen LogP) is 5.26. The van der Waals surface area contributed by atoms with Crippen LogP contribution >= 0.6 is 11.3 Å². The zero-order valence-electron chi connectivity index (χ0n) is 21.2. The van der Waals surface area contributed by atoms with Crippen LogP contribution in [0.25, 0.3) is 11.3 Å². The van der Waals surface area contributed by atoms with Crippen LogP contribution in [0, 0.1) is 32.1 Å². The van der Waals surface area contributed by atoms with Crippen LogP contribution in [-0.4, -0.2) is 35.7 Å². The number of fused-ring (bicyclic) bond motifs is 2. The third-order valence-electron chi connectivity index (χ3n) is 8.57. The molecule has 3 aromatic rings. The van der Waals surface area contributed by atoms with Gasteiger partial charge in [0.05, 0.1) is 11.1 Å². The second-order valence-corrected chi connectivity index (χ2v) is 11.5. The summed E-state index contributed by atoms with van der Waals surface area (Å²) in [5.41, 5.74) is 9.41. The molecule has 36 heavy (non-hydrogen) atoms. The number of carboxylic acid groups (broad SMARTS) is 1. The highest BCUT2D eigenvalue weighted by Gasteiger charge is 2.62. The van der Waals surface area contributed by atoms with E-state index in [1.54, 1.807) is 11.3 Å². The number of ether oxygens (including phenoxy) is 1. The fraction of sp³-hybridized carbons (Fsp3) is 0.448. The number of nitrogens with zero attached hydrogens (tertiary/aromatic N) is 2. The lowest BCUT2D eigenvalue weighted by molar-refractivity contribution is -0.144. The summed E-state index contributed by atoms with van der Waals surface area (Å²) < 4.78 is 6.52. The van der Waals surface area contributed by atoms with Crippen LogP contribution in [0.15, 0.2) is 29.6 Å². The molecule has 2 N–H and O–H groups in total. The van der Waals surface area contributed by atoms with Gasteiger partial charge in [0.2, 0.25) is 0 Å². The molecule has 0 unspecified atom stereocenters. The number of hydrogen-bond acceptors (Lipinski definition) is 6. The van der Waals surface area contributed by atoms with Crippen LogP contribution in [0.5, 0.6) is 5.75 Å². The van der Waals surface area contributed by atoms with Crippen molar-refractivity contribution in [3.05, 3.63) is 63.0 Å². The van der Waals surface area contributed by atoms with Gasteiger partial charge >= 0.3 is 5.97 Å². The number of hydrogen-bond donors (Lipinski definition) is 2. The standard InChI is InChI=1S/C29H33N3O3S/c1-17-5-4-6-23(25-16-36-28(31-25)32-10-8-29(27(33)34)12-21(29)14-32)26(17)35-15-20-11-18(2)24-13-30-9-7-22(24)19(20)3/h4-6,11,16,21,30H,7-10,12-15H2,1-3H3,(H,33,34)/t21-,29+/m0/s1. The molecule has 2 atom stereocenters. The molecule has 188 valence electrons. The molecular weight excluding hydrogens is 470 g/mol. The topological polar surface area (TPSA) is 74.7 Å². The molecule has 1 aromatic heterocycles. The minimum atomic E-state index is -0.630. The first kappa shape index (κ1) is 23.5. The van der Waals surface area contributed by atoms with Crippen molar-refractivity contribution in [3.63, 3.8) is 0 Å². The van der Waals surface area contributed by atoms with Gasteiger partial charge in [-0.05, 0) is 91.9 Å². The Morgan fingerprint density at radius 2 is 2.14 bits per heavy atom. The van der Waals surface area contributed by atoms with Gasteiger partial charge in [-0.1, -0.05) is 18.2 Å². The SMILES string of the molecule is Cc1cc(COc2c(C)cccc2-c2csc(N3CC[C@@]4(C(=O)O)C[C@H]4C3)n2)c(C)c2c1CNCC2. The van der Waals surface area contributed by atoms with Crippen molar-refractivity contribution in [2.24, 2.45) is 11.3 Å². The van der Waals surface area contributed by atoms with Gasteiger partial charge in [0.15, 0.2) is 5.13 Å². The molecule has 0 spiro atoms. The van der Waals surface area contributed by atoms with Crippen molar-refractivity contribution in [2.75, 3.05) is 24.5 Å². The molecule has 1 aliphatic carbocycles. The Hall–Kier alpha value is -2.90. The van der Waals surface area contributed by atoms with Crippen LogP contribution in [0.2, 0.25) is 0 Å². The molecule has 2 fully saturated rings. The van der Waals surface area contributed by atoms with E-state index in [0.717, 1.165) is 66.7 Å². The average Bonchev–Trinajstić information content (AvgIpc) is 3.44. The third kappa shape index (κ3) is 3.89. The van der Waals surface area contributed by atoms with E-state index in [1.807, 2.05) is 0 Å². The monoisotopic (exact) mass is 503 g/mol. The molecule has 0 bridgehead atoms. The van der Waals surface area contributed by atoms with E-state index in [-0.39, 0.29) is 5.92 Å². The van der Waals surface area contributed by atoms with Crippen molar-refractivity contribution in [1.82, 2.24) is 10.3 Å². The number of rotatable bonds is 6. The Bertz CT molecular complexity index is 1350. The maximum atomic E-state index is 11.6. The predicted molar refractivity (Wildman–Crippen MR) is 143 cm³/mol. The smallest absolute Gasteiger partial charge is 0.310 e. The summed E-state index contributed by atoms with van der Waals surface area (Å²) in [4.78, 5) is 18.9. The van der Waals surface area contributed by atoms with Gasteiger partial charge in [-0.25, -0.2) is 4.98 Å². The summed E-state index contributed by atoms with van der Waals surface area (Å²) in [6.07, 6.45) is 2.57. The normalized spacial score (nSPS) is 22.6. The second-order valence-electron chi connectivity index (χ2n) is 10.7. The minimum Gasteiger partial charge on any atom is -0.488 e. The highest BCUT2D eigenvalue weighted by Crippen LogP contribution is 2.58. The minimum absolute atomic E-state index is 0.244. The molecule has 0 amide bonds. The molecule has 1 saturated heterocycles. The molecule has 3 heterocycles. The number of piperidine rings is 1. The molecule has 6 nitrogen and oxygen atoms in total. The van der Waals surface area contributed by atoms with Gasteiger partial charge < -0.3 is 20.1 Å². The zero-order valence-corrected chi connectivity index (χ0v) is 22.0. The van der Waals surface area contributed by atoms with Gasteiger partial charge in [0.1, 0.15) is 12.4 Å². The number of carbonyl (C=O) groups is 1. The van der Waals surface area contributed by atoms with Crippen LogP contribution in [0.3, 0.4) is 0 Å². The van der Waals surface area contributed by atoms with Crippen molar-refractivity contribution in [2.45, 2.75) is 53.2 Å². The Kier molecular flexibility index (Phi) is 5.80. The van der Waals surface area contributed by atoms with Crippen molar-refractivity contribution in [3.8, 4) is 17.0 Å². The molecule has 2 aliphatic heterocycles. The number of aromatic nitrogens is 1. The first-order valence-electron chi connectivity index (χ1n) is 12.9. The van der Waals surface area contributed by atoms with Gasteiger partial charge in [0.25, 0.3) is 0 Å². The second kappa shape index (κ2) is 8.89. The van der Waals surface area contributed by atoms with Crippen LogP contribution in [0.1, 0.15) is 46.2 Å². The number of aryl methyl sites for hydroxylation is 2. The summed E-state index contributed by atoms with van der Waals surface area (Å²) in [6.45, 7) is 10.6. The Labute approximate surface area is 216 Å². The largest absolute Gasteiger partial charge is 0.488 e. The first-order valence-corrected chi connectivity index (χ1v) is 13.7. The first-order chi connectivity index (χ1) is 17.4. The number of para-hydroxylation sites is 1. The van der Waals surface area contributed by atoms with Crippen molar-refractivity contribution >= 4 is 22.4 Å². The van der Waals surface area contributed by atoms with E-state index in [0.29, 0.717) is 13.0 Å². The number of nitrogens with one attached hydrogen (secondary N) is 1. The Morgan fingerprint density at radius 1 is 1.28 bits per heavy atom. The van der Waals surface area contributed by atoms with E-state index in [9.17, 15) is 9.90 Å². The van der Waals surface area contributed by atoms with Crippen LogP contribution in [0.4, 0.5) is 5.13 Å². The van der Waals surface area contributed by atoms with Crippen molar-refractivity contribution < 1.29 is 14.6 Å². The van der Waals surface area contributed by atoms with Crippen LogP contribution < -0.4 is 15.0 Å². The highest BCUT2D eigenvalue weighted by molar-refractivity contribution is 7.14. The third-order valence-corrected chi connectivity index (χ3v) is 9.47.